The Morgan fingerprint density at radius 2 is 1.89 bits per heavy atom. The fourth-order valence-electron chi connectivity index (χ4n) is 3.82. The molecule has 37 heavy (non-hydrogen) atoms. The van der Waals surface area contributed by atoms with E-state index in [1.807, 2.05) is 6.26 Å². The van der Waals surface area contributed by atoms with Gasteiger partial charge in [-0.1, -0.05) is 0 Å². The van der Waals surface area contributed by atoms with E-state index < -0.39 is 35.9 Å². The summed E-state index contributed by atoms with van der Waals surface area (Å²) in [4.78, 5) is 61.4. The number of thioether (sulfide) groups is 1. The van der Waals surface area contributed by atoms with Crippen molar-refractivity contribution >= 4 is 41.4 Å². The SMILES string of the molecule is CSCCC(NC(=O)C(Cc1cnc[nH]1)NC(=O)C1CCCN1)C(=O)NC(CCCN=C(N)N)C(=O)O. The van der Waals surface area contributed by atoms with Gasteiger partial charge in [0.15, 0.2) is 5.96 Å². The number of carboxylic acid groups (broad SMARTS) is 1. The first kappa shape index (κ1) is 29.9. The summed E-state index contributed by atoms with van der Waals surface area (Å²) >= 11 is 1.48. The second-order valence-electron chi connectivity index (χ2n) is 8.68. The molecule has 1 saturated heterocycles. The monoisotopic (exact) mass is 539 g/mol. The molecule has 1 aromatic rings. The Bertz CT molecular complexity index is 918. The maximum Gasteiger partial charge on any atom is 0.326 e. The number of imidazole rings is 1. The molecule has 0 aromatic carbocycles. The Morgan fingerprint density at radius 3 is 2.49 bits per heavy atom. The van der Waals surface area contributed by atoms with Crippen molar-refractivity contribution in [2.45, 2.75) is 62.7 Å². The Labute approximate surface area is 219 Å². The molecule has 0 bridgehead atoms. The molecule has 10 N–H and O–H groups in total. The normalized spacial score (nSPS) is 17.3. The summed E-state index contributed by atoms with van der Waals surface area (Å²) in [6, 6.07) is -3.52. The maximum absolute atomic E-state index is 13.3. The number of nitrogens with one attached hydrogen (secondary N) is 5. The number of carbonyl (C=O) groups is 4. The molecule has 1 fully saturated rings. The number of H-pyrrole nitrogens is 1. The number of hydrogen-bond acceptors (Lipinski definition) is 8. The van der Waals surface area contributed by atoms with Crippen LogP contribution in [0.1, 0.15) is 37.8 Å². The number of carboxylic acids is 1. The Balaban J connectivity index is 2.08. The van der Waals surface area contributed by atoms with Gasteiger partial charge in [-0.2, -0.15) is 11.8 Å². The van der Waals surface area contributed by atoms with E-state index in [2.05, 4.69) is 36.2 Å². The van der Waals surface area contributed by atoms with Crippen LogP contribution in [0.3, 0.4) is 0 Å². The molecule has 2 heterocycles. The van der Waals surface area contributed by atoms with Gasteiger partial charge in [-0.05, 0) is 50.7 Å². The van der Waals surface area contributed by atoms with Crippen molar-refractivity contribution in [3.63, 3.8) is 0 Å². The van der Waals surface area contributed by atoms with Gasteiger partial charge in [-0.15, -0.1) is 0 Å². The second-order valence-corrected chi connectivity index (χ2v) is 9.67. The average molecular weight is 540 g/mol. The van der Waals surface area contributed by atoms with Gasteiger partial charge in [0.25, 0.3) is 0 Å². The van der Waals surface area contributed by atoms with Gasteiger partial charge in [-0.3, -0.25) is 19.4 Å². The van der Waals surface area contributed by atoms with Crippen molar-refractivity contribution in [3.05, 3.63) is 18.2 Å². The summed E-state index contributed by atoms with van der Waals surface area (Å²) in [5.74, 6) is -2.24. The molecule has 2 rings (SSSR count). The molecule has 4 atom stereocenters. The smallest absolute Gasteiger partial charge is 0.326 e. The van der Waals surface area contributed by atoms with Gasteiger partial charge >= 0.3 is 5.97 Å². The quantitative estimate of drug-likeness (QED) is 0.0657. The van der Waals surface area contributed by atoms with Gasteiger partial charge < -0.3 is 42.8 Å². The average Bonchev–Trinajstić information content (AvgIpc) is 3.57. The lowest BCUT2D eigenvalue weighted by Gasteiger charge is -2.25. The summed E-state index contributed by atoms with van der Waals surface area (Å²) < 4.78 is 0. The standard InChI is InChI=1S/C22H37N9O5S/c1-37-9-6-15(19(33)30-16(21(35)36)5-3-8-27-22(23)24)29-20(34)17(10-13-11-25-12-28-13)31-18(32)14-4-2-7-26-14/h11-12,14-17,26H,2-10H2,1H3,(H,25,28)(H,29,34)(H,30,33)(H,31,32)(H,35,36)(H4,23,24,27). The number of aliphatic imine (C=N–C) groups is 1. The van der Waals surface area contributed by atoms with E-state index in [0.717, 1.165) is 13.0 Å². The highest BCUT2D eigenvalue weighted by Crippen LogP contribution is 2.09. The molecular formula is C22H37N9O5S. The number of aromatic nitrogens is 2. The summed E-state index contributed by atoms with van der Waals surface area (Å²) in [6.07, 6.45) is 7.27. The number of nitrogens with two attached hydrogens (primary N) is 2. The number of nitrogens with zero attached hydrogens (tertiary/aromatic N) is 2. The molecule has 0 spiro atoms. The van der Waals surface area contributed by atoms with E-state index >= 15 is 0 Å². The summed E-state index contributed by atoms with van der Waals surface area (Å²) in [5, 5.41) is 20.6. The molecule has 1 aliphatic heterocycles. The van der Waals surface area contributed by atoms with Crippen LogP contribution in [-0.4, -0.2) is 94.0 Å². The molecule has 4 unspecified atom stereocenters. The van der Waals surface area contributed by atoms with Crippen molar-refractivity contribution in [1.29, 1.82) is 0 Å². The van der Waals surface area contributed by atoms with Crippen molar-refractivity contribution in [2.75, 3.05) is 25.1 Å². The van der Waals surface area contributed by atoms with Crippen LogP contribution in [-0.2, 0) is 25.6 Å². The van der Waals surface area contributed by atoms with Crippen molar-refractivity contribution < 1.29 is 24.3 Å². The highest BCUT2D eigenvalue weighted by molar-refractivity contribution is 7.98. The van der Waals surface area contributed by atoms with E-state index in [9.17, 15) is 24.3 Å². The van der Waals surface area contributed by atoms with Crippen LogP contribution in [0, 0.1) is 0 Å². The molecule has 15 heteroatoms. The van der Waals surface area contributed by atoms with Crippen LogP contribution in [0.2, 0.25) is 0 Å². The molecule has 0 saturated carbocycles. The number of aromatic amines is 1. The minimum absolute atomic E-state index is 0.101. The third-order valence-corrected chi connectivity index (χ3v) is 6.44. The van der Waals surface area contributed by atoms with Crippen molar-refractivity contribution in [2.24, 2.45) is 16.5 Å². The number of hydrogen-bond donors (Lipinski definition) is 8. The lowest BCUT2D eigenvalue weighted by atomic mass is 10.1. The van der Waals surface area contributed by atoms with Crippen LogP contribution in [0.25, 0.3) is 0 Å². The van der Waals surface area contributed by atoms with Gasteiger partial charge in [0, 0.05) is 24.9 Å². The minimum Gasteiger partial charge on any atom is -0.480 e. The van der Waals surface area contributed by atoms with Gasteiger partial charge in [0.05, 0.1) is 12.4 Å². The third kappa shape index (κ3) is 10.7. The summed E-state index contributed by atoms with van der Waals surface area (Å²) in [7, 11) is 0. The van der Waals surface area contributed by atoms with Crippen LogP contribution in [0.5, 0.6) is 0 Å². The first-order valence-electron chi connectivity index (χ1n) is 12.1. The molecule has 3 amide bonds. The Kier molecular flexibility index (Phi) is 12.7. The Hall–Kier alpha value is -3.33. The topological polar surface area (TPSA) is 230 Å². The number of rotatable bonds is 16. The molecule has 1 aliphatic rings. The minimum atomic E-state index is -1.21. The largest absolute Gasteiger partial charge is 0.480 e. The first-order valence-corrected chi connectivity index (χ1v) is 13.5. The molecule has 14 nitrogen and oxygen atoms in total. The zero-order valence-electron chi connectivity index (χ0n) is 20.9. The summed E-state index contributed by atoms with van der Waals surface area (Å²) in [5.41, 5.74) is 11.2. The number of aliphatic carboxylic acids is 1. The van der Waals surface area contributed by atoms with Gasteiger partial charge in [0.1, 0.15) is 18.1 Å². The first-order chi connectivity index (χ1) is 17.7. The maximum atomic E-state index is 13.3. The molecule has 206 valence electrons. The third-order valence-electron chi connectivity index (χ3n) is 5.79. The van der Waals surface area contributed by atoms with Crippen LogP contribution in [0.15, 0.2) is 17.5 Å². The summed E-state index contributed by atoms with van der Waals surface area (Å²) in [6.45, 7) is 0.947. The fraction of sp³-hybridized carbons (Fsp3) is 0.636. The highest BCUT2D eigenvalue weighted by Gasteiger charge is 2.31. The van der Waals surface area contributed by atoms with Gasteiger partial charge in [-0.25, -0.2) is 9.78 Å². The fourth-order valence-corrected chi connectivity index (χ4v) is 4.29. The van der Waals surface area contributed by atoms with E-state index in [1.54, 1.807) is 6.20 Å². The molecular weight excluding hydrogens is 502 g/mol. The number of guanidine groups is 1. The number of amides is 3. The van der Waals surface area contributed by atoms with Crippen LogP contribution >= 0.6 is 11.8 Å². The zero-order chi connectivity index (χ0) is 27.2. The molecule has 0 aliphatic carbocycles. The second kappa shape index (κ2) is 15.7. The molecule has 0 radical (unpaired) electrons. The van der Waals surface area contributed by atoms with Gasteiger partial charge in [0.2, 0.25) is 17.7 Å². The van der Waals surface area contributed by atoms with Crippen LogP contribution < -0.4 is 32.7 Å². The number of carbonyl (C=O) groups excluding carboxylic acids is 3. The lowest BCUT2D eigenvalue weighted by Crippen LogP contribution is -2.57. The highest BCUT2D eigenvalue weighted by atomic mass is 32.2. The van der Waals surface area contributed by atoms with E-state index in [-0.39, 0.29) is 43.7 Å². The predicted octanol–water partition coefficient (Wildman–Crippen LogP) is -1.95. The predicted molar refractivity (Wildman–Crippen MR) is 140 cm³/mol. The Morgan fingerprint density at radius 1 is 1.16 bits per heavy atom. The van der Waals surface area contributed by atoms with Crippen molar-refractivity contribution in [3.8, 4) is 0 Å². The van der Waals surface area contributed by atoms with E-state index in [1.165, 1.54) is 18.1 Å². The van der Waals surface area contributed by atoms with Crippen molar-refractivity contribution in [1.82, 2.24) is 31.2 Å². The molecule has 1 aromatic heterocycles. The van der Waals surface area contributed by atoms with Crippen LogP contribution in [0.4, 0.5) is 0 Å². The zero-order valence-corrected chi connectivity index (χ0v) is 21.7. The van der Waals surface area contributed by atoms with E-state index in [0.29, 0.717) is 24.3 Å². The van der Waals surface area contributed by atoms with E-state index in [4.69, 9.17) is 11.5 Å². The lowest BCUT2D eigenvalue weighted by molar-refractivity contribution is -0.142.